The predicted molar refractivity (Wildman–Crippen MR) is 47.7 cm³/mol. The standard InChI is InChI=1S/C8H13N3O3/c12-8(13)2-1-4-9-5-3-7-10-6-14-11-7/h6,9H,1-5H2,(H,12,13). The van der Waals surface area contributed by atoms with Gasteiger partial charge in [-0.25, -0.2) is 0 Å². The highest BCUT2D eigenvalue weighted by atomic mass is 16.5. The maximum atomic E-state index is 10.2. The molecular weight excluding hydrogens is 186 g/mol. The largest absolute Gasteiger partial charge is 0.481 e. The molecule has 1 aromatic rings. The van der Waals surface area contributed by atoms with Gasteiger partial charge in [-0.1, -0.05) is 5.16 Å². The van der Waals surface area contributed by atoms with Crippen LogP contribution in [0.4, 0.5) is 0 Å². The summed E-state index contributed by atoms with van der Waals surface area (Å²) >= 11 is 0. The Balaban J connectivity index is 1.92. The van der Waals surface area contributed by atoms with Crippen LogP contribution in [0.1, 0.15) is 18.7 Å². The fraction of sp³-hybridized carbons (Fsp3) is 0.625. The monoisotopic (exact) mass is 199 g/mol. The predicted octanol–water partition coefficient (Wildman–Crippen LogP) is 0.0665. The van der Waals surface area contributed by atoms with Crippen LogP contribution >= 0.6 is 0 Å². The zero-order valence-corrected chi connectivity index (χ0v) is 7.77. The molecule has 0 fully saturated rings. The highest BCUT2D eigenvalue weighted by Crippen LogP contribution is 1.89. The number of hydrogen-bond donors (Lipinski definition) is 2. The number of rotatable bonds is 7. The Morgan fingerprint density at radius 2 is 2.43 bits per heavy atom. The average molecular weight is 199 g/mol. The first kappa shape index (κ1) is 10.6. The Morgan fingerprint density at radius 3 is 3.07 bits per heavy atom. The quantitative estimate of drug-likeness (QED) is 0.604. The van der Waals surface area contributed by atoms with Crippen molar-refractivity contribution in [3.63, 3.8) is 0 Å². The Morgan fingerprint density at radius 1 is 1.57 bits per heavy atom. The average Bonchev–Trinajstić information content (AvgIpc) is 2.63. The van der Waals surface area contributed by atoms with E-state index in [0.29, 0.717) is 25.2 Å². The lowest BCUT2D eigenvalue weighted by atomic mass is 10.3. The van der Waals surface area contributed by atoms with Crippen molar-refractivity contribution in [2.24, 2.45) is 0 Å². The Labute approximate surface area is 81.3 Å². The number of carboxylic acids is 1. The SMILES string of the molecule is O=C(O)CCCNCCc1ncon1. The van der Waals surface area contributed by atoms with Crippen LogP contribution in [0, 0.1) is 0 Å². The number of aliphatic carboxylic acids is 1. The van der Waals surface area contributed by atoms with Crippen LogP contribution in [0.15, 0.2) is 10.9 Å². The van der Waals surface area contributed by atoms with Gasteiger partial charge in [0.15, 0.2) is 5.82 Å². The Kier molecular flexibility index (Phi) is 4.63. The number of aromatic nitrogens is 2. The van der Waals surface area contributed by atoms with E-state index in [-0.39, 0.29) is 6.42 Å². The molecule has 14 heavy (non-hydrogen) atoms. The van der Waals surface area contributed by atoms with Crippen molar-refractivity contribution in [3.8, 4) is 0 Å². The smallest absolute Gasteiger partial charge is 0.303 e. The van der Waals surface area contributed by atoms with Crippen molar-refractivity contribution in [2.75, 3.05) is 13.1 Å². The molecule has 1 aromatic heterocycles. The maximum absolute atomic E-state index is 10.2. The fourth-order valence-electron chi connectivity index (χ4n) is 0.992. The van der Waals surface area contributed by atoms with Crippen molar-refractivity contribution in [1.29, 1.82) is 0 Å². The molecule has 0 atom stereocenters. The molecule has 0 aliphatic rings. The van der Waals surface area contributed by atoms with E-state index in [4.69, 9.17) is 5.11 Å². The minimum Gasteiger partial charge on any atom is -0.481 e. The van der Waals surface area contributed by atoms with Crippen molar-refractivity contribution in [1.82, 2.24) is 15.5 Å². The van der Waals surface area contributed by atoms with Gasteiger partial charge in [-0.3, -0.25) is 4.79 Å². The van der Waals surface area contributed by atoms with Gasteiger partial charge in [0.2, 0.25) is 6.39 Å². The third-order valence-electron chi connectivity index (χ3n) is 1.68. The van der Waals surface area contributed by atoms with Gasteiger partial charge in [-0.15, -0.1) is 0 Å². The van der Waals surface area contributed by atoms with Crippen LogP contribution < -0.4 is 5.32 Å². The molecule has 6 heteroatoms. The molecule has 2 N–H and O–H groups in total. The van der Waals surface area contributed by atoms with Gasteiger partial charge in [0.05, 0.1) is 0 Å². The highest BCUT2D eigenvalue weighted by molar-refractivity contribution is 5.66. The van der Waals surface area contributed by atoms with E-state index in [1.807, 2.05) is 0 Å². The second-order valence-corrected chi connectivity index (χ2v) is 2.84. The summed E-state index contributed by atoms with van der Waals surface area (Å²) in [5, 5.41) is 15.1. The van der Waals surface area contributed by atoms with Gasteiger partial charge in [-0.05, 0) is 13.0 Å². The van der Waals surface area contributed by atoms with Crippen molar-refractivity contribution in [3.05, 3.63) is 12.2 Å². The number of nitrogens with zero attached hydrogens (tertiary/aromatic N) is 2. The van der Waals surface area contributed by atoms with Gasteiger partial charge in [0, 0.05) is 19.4 Å². The lowest BCUT2D eigenvalue weighted by Gasteiger charge is -2.00. The zero-order chi connectivity index (χ0) is 10.2. The molecule has 0 aliphatic heterocycles. The zero-order valence-electron chi connectivity index (χ0n) is 7.77. The van der Waals surface area contributed by atoms with Gasteiger partial charge in [0.25, 0.3) is 0 Å². The fourth-order valence-corrected chi connectivity index (χ4v) is 0.992. The maximum Gasteiger partial charge on any atom is 0.303 e. The molecule has 0 aliphatic carbocycles. The van der Waals surface area contributed by atoms with E-state index in [9.17, 15) is 4.79 Å². The van der Waals surface area contributed by atoms with E-state index >= 15 is 0 Å². The molecule has 0 amide bonds. The lowest BCUT2D eigenvalue weighted by Crippen LogP contribution is -2.19. The van der Waals surface area contributed by atoms with Gasteiger partial charge < -0.3 is 14.9 Å². The van der Waals surface area contributed by atoms with Crippen LogP contribution in [0.25, 0.3) is 0 Å². The van der Waals surface area contributed by atoms with Crippen LogP contribution in [-0.4, -0.2) is 34.3 Å². The topological polar surface area (TPSA) is 88.2 Å². The summed E-state index contributed by atoms with van der Waals surface area (Å²) in [5.74, 6) is -0.0966. The van der Waals surface area contributed by atoms with Crippen molar-refractivity contribution >= 4 is 5.97 Å². The molecule has 1 heterocycles. The summed E-state index contributed by atoms with van der Waals surface area (Å²) in [6.45, 7) is 1.43. The van der Waals surface area contributed by atoms with Gasteiger partial charge >= 0.3 is 5.97 Å². The van der Waals surface area contributed by atoms with E-state index < -0.39 is 5.97 Å². The first-order chi connectivity index (χ1) is 6.79. The summed E-state index contributed by atoms with van der Waals surface area (Å²) < 4.78 is 4.56. The third kappa shape index (κ3) is 4.56. The molecule has 0 aromatic carbocycles. The lowest BCUT2D eigenvalue weighted by molar-refractivity contribution is -0.137. The van der Waals surface area contributed by atoms with Crippen LogP contribution in [-0.2, 0) is 11.2 Å². The normalized spacial score (nSPS) is 10.3. The number of hydrogen-bond acceptors (Lipinski definition) is 5. The molecule has 1 rings (SSSR count). The molecule has 0 radical (unpaired) electrons. The number of nitrogens with one attached hydrogen (secondary N) is 1. The molecule has 78 valence electrons. The summed E-state index contributed by atoms with van der Waals surface area (Å²) in [7, 11) is 0. The second kappa shape index (κ2) is 6.09. The van der Waals surface area contributed by atoms with Crippen molar-refractivity contribution in [2.45, 2.75) is 19.3 Å². The first-order valence-electron chi connectivity index (χ1n) is 4.47. The van der Waals surface area contributed by atoms with E-state index in [1.54, 1.807) is 0 Å². The summed E-state index contributed by atoms with van der Waals surface area (Å²) in [5.41, 5.74) is 0. The summed E-state index contributed by atoms with van der Waals surface area (Å²) in [6, 6.07) is 0. The second-order valence-electron chi connectivity index (χ2n) is 2.84. The first-order valence-corrected chi connectivity index (χ1v) is 4.47. The van der Waals surface area contributed by atoms with E-state index in [2.05, 4.69) is 20.0 Å². The minimum absolute atomic E-state index is 0.204. The molecule has 0 unspecified atom stereocenters. The van der Waals surface area contributed by atoms with Crippen LogP contribution in [0.5, 0.6) is 0 Å². The van der Waals surface area contributed by atoms with Crippen LogP contribution in [0.2, 0.25) is 0 Å². The Hall–Kier alpha value is -1.43. The molecule has 0 spiro atoms. The summed E-state index contributed by atoms with van der Waals surface area (Å²) in [6.07, 6.45) is 2.83. The van der Waals surface area contributed by atoms with Crippen LogP contribution in [0.3, 0.4) is 0 Å². The highest BCUT2D eigenvalue weighted by Gasteiger charge is 1.98. The molecular formula is C8H13N3O3. The molecule has 0 saturated heterocycles. The molecule has 6 nitrogen and oxygen atoms in total. The summed E-state index contributed by atoms with van der Waals surface area (Å²) in [4.78, 5) is 14.0. The Bertz CT molecular complexity index is 261. The van der Waals surface area contributed by atoms with Gasteiger partial charge in [0.1, 0.15) is 0 Å². The van der Waals surface area contributed by atoms with E-state index in [0.717, 1.165) is 6.54 Å². The van der Waals surface area contributed by atoms with Gasteiger partial charge in [-0.2, -0.15) is 4.98 Å². The molecule has 0 saturated carbocycles. The van der Waals surface area contributed by atoms with E-state index in [1.165, 1.54) is 6.39 Å². The number of carbonyl (C=O) groups is 1. The minimum atomic E-state index is -0.759. The number of carboxylic acid groups (broad SMARTS) is 1. The third-order valence-corrected chi connectivity index (χ3v) is 1.68. The van der Waals surface area contributed by atoms with Crippen molar-refractivity contribution < 1.29 is 14.4 Å². The molecule has 0 bridgehead atoms.